The van der Waals surface area contributed by atoms with Crippen molar-refractivity contribution in [2.45, 2.75) is 26.1 Å². The van der Waals surface area contributed by atoms with Crippen molar-refractivity contribution in [2.75, 3.05) is 13.2 Å². The van der Waals surface area contributed by atoms with Crippen molar-refractivity contribution in [1.29, 1.82) is 0 Å². The predicted octanol–water partition coefficient (Wildman–Crippen LogP) is 4.77. The van der Waals surface area contributed by atoms with E-state index in [4.69, 9.17) is 20.8 Å². The number of aromatic hydroxyl groups is 1. The molecular weight excluding hydrogens is 378 g/mol. The molecule has 0 fully saturated rings. The van der Waals surface area contributed by atoms with E-state index in [1.54, 1.807) is 30.5 Å². The molecule has 0 amide bonds. The van der Waals surface area contributed by atoms with Crippen LogP contribution in [0.25, 0.3) is 0 Å². The molecular formula is C22H24ClNO4. The van der Waals surface area contributed by atoms with E-state index in [1.807, 2.05) is 37.3 Å². The van der Waals surface area contributed by atoms with Gasteiger partial charge in [0.25, 0.3) is 0 Å². The van der Waals surface area contributed by atoms with Crippen LogP contribution in [0, 0.1) is 0 Å². The summed E-state index contributed by atoms with van der Waals surface area (Å²) in [4.78, 5) is 2.10. The summed E-state index contributed by atoms with van der Waals surface area (Å²) in [5.74, 6) is 0.825. The molecule has 0 saturated carbocycles. The summed E-state index contributed by atoms with van der Waals surface area (Å²) < 4.78 is 10.8. The Morgan fingerprint density at radius 1 is 1.07 bits per heavy atom. The van der Waals surface area contributed by atoms with Crippen molar-refractivity contribution in [3.8, 4) is 11.5 Å². The van der Waals surface area contributed by atoms with Crippen LogP contribution in [0.2, 0.25) is 5.02 Å². The Morgan fingerprint density at radius 2 is 1.82 bits per heavy atom. The van der Waals surface area contributed by atoms with Gasteiger partial charge in [-0.25, -0.2) is 0 Å². The Labute approximate surface area is 169 Å². The van der Waals surface area contributed by atoms with Crippen molar-refractivity contribution >= 4 is 11.6 Å². The number of aliphatic hydroxyl groups is 1. The molecule has 1 atom stereocenters. The fourth-order valence-corrected chi connectivity index (χ4v) is 3.32. The lowest BCUT2D eigenvalue weighted by molar-refractivity contribution is 0.0872. The Bertz CT molecular complexity index is 868. The molecule has 0 radical (unpaired) electrons. The first-order valence-electron chi connectivity index (χ1n) is 9.18. The van der Waals surface area contributed by atoms with Crippen molar-refractivity contribution in [3.63, 3.8) is 0 Å². The highest BCUT2D eigenvalue weighted by Gasteiger charge is 2.18. The fraction of sp³-hybridized carbons (Fsp3) is 0.273. The number of rotatable bonds is 9. The third-order valence-electron chi connectivity index (χ3n) is 4.35. The molecule has 148 valence electrons. The molecule has 0 aliphatic heterocycles. The van der Waals surface area contributed by atoms with Crippen LogP contribution in [0.1, 0.15) is 29.9 Å². The van der Waals surface area contributed by atoms with Gasteiger partial charge in [-0.2, -0.15) is 0 Å². The summed E-state index contributed by atoms with van der Waals surface area (Å²) in [6.45, 7) is 3.82. The van der Waals surface area contributed by atoms with Crippen LogP contribution < -0.4 is 4.74 Å². The molecule has 1 heterocycles. The maximum atomic E-state index is 10.5. The molecule has 0 saturated heterocycles. The molecule has 0 aliphatic carbocycles. The van der Waals surface area contributed by atoms with E-state index in [2.05, 4.69) is 4.90 Å². The Hall–Kier alpha value is -2.47. The zero-order valence-corrected chi connectivity index (χ0v) is 16.5. The van der Waals surface area contributed by atoms with Crippen molar-refractivity contribution in [3.05, 3.63) is 82.8 Å². The average Bonchev–Trinajstić information content (AvgIpc) is 3.21. The van der Waals surface area contributed by atoms with E-state index in [-0.39, 0.29) is 10.8 Å². The zero-order chi connectivity index (χ0) is 19.9. The predicted molar refractivity (Wildman–Crippen MR) is 109 cm³/mol. The minimum atomic E-state index is -0.752. The number of ether oxygens (including phenoxy) is 1. The van der Waals surface area contributed by atoms with Crippen molar-refractivity contribution in [1.82, 2.24) is 4.90 Å². The van der Waals surface area contributed by atoms with Gasteiger partial charge in [-0.15, -0.1) is 0 Å². The van der Waals surface area contributed by atoms with Gasteiger partial charge in [-0.3, -0.25) is 4.90 Å². The largest absolute Gasteiger partial charge is 0.503 e. The highest BCUT2D eigenvalue weighted by Crippen LogP contribution is 2.35. The normalized spacial score (nSPS) is 12.3. The average molecular weight is 402 g/mol. The standard InChI is InChI=1S/C22H24ClNO4/c1-2-27-21-12-17(11-18(23)22(21)26)14-24(13-16-7-4-3-5-8-16)15-19(25)20-9-6-10-28-20/h3-12,19,25-26H,2,13-15H2,1H3. The van der Waals surface area contributed by atoms with Crippen LogP contribution in [0.4, 0.5) is 0 Å². The highest BCUT2D eigenvalue weighted by atomic mass is 35.5. The van der Waals surface area contributed by atoms with Gasteiger partial charge in [0.2, 0.25) is 0 Å². The summed E-state index contributed by atoms with van der Waals surface area (Å²) in [6, 6.07) is 17.0. The highest BCUT2D eigenvalue weighted by molar-refractivity contribution is 6.32. The molecule has 5 nitrogen and oxygen atoms in total. The van der Waals surface area contributed by atoms with Crippen LogP contribution >= 0.6 is 11.6 Å². The first kappa shape index (κ1) is 20.3. The topological polar surface area (TPSA) is 66.1 Å². The summed E-state index contributed by atoms with van der Waals surface area (Å²) >= 11 is 6.17. The van der Waals surface area contributed by atoms with Crippen molar-refractivity contribution in [2.24, 2.45) is 0 Å². The van der Waals surface area contributed by atoms with E-state index < -0.39 is 6.10 Å². The molecule has 28 heavy (non-hydrogen) atoms. The molecule has 1 aromatic heterocycles. The number of nitrogens with zero attached hydrogens (tertiary/aromatic N) is 1. The summed E-state index contributed by atoms with van der Waals surface area (Å²) in [6.07, 6.45) is 0.798. The third kappa shape index (κ3) is 5.29. The van der Waals surface area contributed by atoms with Crippen LogP contribution in [-0.2, 0) is 13.1 Å². The smallest absolute Gasteiger partial charge is 0.176 e. The lowest BCUT2D eigenvalue weighted by atomic mass is 10.1. The van der Waals surface area contributed by atoms with Gasteiger partial charge < -0.3 is 19.4 Å². The van der Waals surface area contributed by atoms with Crippen LogP contribution in [0.15, 0.2) is 65.3 Å². The Balaban J connectivity index is 1.82. The molecule has 3 aromatic rings. The maximum Gasteiger partial charge on any atom is 0.176 e. The van der Waals surface area contributed by atoms with Gasteiger partial charge in [0, 0.05) is 19.6 Å². The Kier molecular flexibility index (Phi) is 6.98. The molecule has 0 bridgehead atoms. The maximum absolute atomic E-state index is 10.5. The fourth-order valence-electron chi connectivity index (χ4n) is 3.08. The molecule has 6 heteroatoms. The first-order chi connectivity index (χ1) is 13.6. The van der Waals surface area contributed by atoms with Crippen molar-refractivity contribution < 1.29 is 19.4 Å². The molecule has 3 rings (SSSR count). The van der Waals surface area contributed by atoms with Crippen LogP contribution in [0.5, 0.6) is 11.5 Å². The van der Waals surface area contributed by atoms with Gasteiger partial charge in [0.05, 0.1) is 17.9 Å². The lowest BCUT2D eigenvalue weighted by Crippen LogP contribution is -2.28. The van der Waals surface area contributed by atoms with E-state index in [0.29, 0.717) is 37.8 Å². The van der Waals surface area contributed by atoms with Crippen LogP contribution in [-0.4, -0.2) is 28.3 Å². The first-order valence-corrected chi connectivity index (χ1v) is 9.56. The van der Waals surface area contributed by atoms with Gasteiger partial charge >= 0.3 is 0 Å². The number of phenolic OH excluding ortho intramolecular Hbond substituents is 1. The van der Waals surface area contributed by atoms with E-state index in [0.717, 1.165) is 11.1 Å². The zero-order valence-electron chi connectivity index (χ0n) is 15.7. The second kappa shape index (κ2) is 9.64. The molecule has 2 N–H and O–H groups in total. The summed E-state index contributed by atoms with van der Waals surface area (Å²) in [5, 5.41) is 20.9. The van der Waals surface area contributed by atoms with E-state index in [9.17, 15) is 10.2 Å². The number of hydrogen-bond donors (Lipinski definition) is 2. The number of benzene rings is 2. The van der Waals surface area contributed by atoms with Gasteiger partial charge in [0.15, 0.2) is 11.5 Å². The molecule has 2 aromatic carbocycles. The molecule has 0 spiro atoms. The minimum absolute atomic E-state index is 0.0579. The molecule has 1 unspecified atom stereocenters. The number of phenols is 1. The second-order valence-electron chi connectivity index (χ2n) is 6.54. The summed E-state index contributed by atoms with van der Waals surface area (Å²) in [7, 11) is 0. The molecule has 0 aliphatic rings. The number of aliphatic hydroxyl groups excluding tert-OH is 1. The number of halogens is 1. The number of furan rings is 1. The second-order valence-corrected chi connectivity index (χ2v) is 6.95. The number of hydrogen-bond acceptors (Lipinski definition) is 5. The third-order valence-corrected chi connectivity index (χ3v) is 4.63. The quantitative estimate of drug-likeness (QED) is 0.540. The Morgan fingerprint density at radius 3 is 2.50 bits per heavy atom. The van der Waals surface area contributed by atoms with E-state index in [1.165, 1.54) is 0 Å². The minimum Gasteiger partial charge on any atom is -0.503 e. The van der Waals surface area contributed by atoms with Gasteiger partial charge in [0.1, 0.15) is 11.9 Å². The SMILES string of the molecule is CCOc1cc(CN(Cc2ccccc2)CC(O)c2ccco2)cc(Cl)c1O. The monoisotopic (exact) mass is 401 g/mol. The van der Waals surface area contributed by atoms with E-state index >= 15 is 0 Å². The van der Waals surface area contributed by atoms with Crippen LogP contribution in [0.3, 0.4) is 0 Å². The summed E-state index contributed by atoms with van der Waals surface area (Å²) in [5.41, 5.74) is 2.01. The van der Waals surface area contributed by atoms with Gasteiger partial charge in [-0.1, -0.05) is 41.9 Å². The lowest BCUT2D eigenvalue weighted by Gasteiger charge is -2.25. The van der Waals surface area contributed by atoms with Gasteiger partial charge in [-0.05, 0) is 42.3 Å².